The monoisotopic (exact) mass is 319 g/mol. The molecule has 4 nitrogen and oxygen atoms in total. The summed E-state index contributed by atoms with van der Waals surface area (Å²) >= 11 is 9.26. The summed E-state index contributed by atoms with van der Waals surface area (Å²) in [6.07, 6.45) is 1.83. The summed E-state index contributed by atoms with van der Waals surface area (Å²) in [4.78, 5) is 6.49. The molecular formula is C11H15BrClN3O. The van der Waals surface area contributed by atoms with Crippen LogP contribution >= 0.6 is 27.5 Å². The van der Waals surface area contributed by atoms with E-state index in [9.17, 15) is 0 Å². The SMILES string of the molecule is CN1CCOC(CNc2ncc(Cl)cc2Br)C1. The molecular weight excluding hydrogens is 305 g/mol. The molecule has 1 fully saturated rings. The van der Waals surface area contributed by atoms with Crippen LogP contribution in [0.5, 0.6) is 0 Å². The highest BCUT2D eigenvalue weighted by molar-refractivity contribution is 9.10. The number of pyridine rings is 1. The number of nitrogens with zero attached hydrogens (tertiary/aromatic N) is 2. The number of aromatic nitrogens is 1. The Balaban J connectivity index is 1.88. The van der Waals surface area contributed by atoms with Gasteiger partial charge in [0.15, 0.2) is 0 Å². The molecule has 6 heteroatoms. The van der Waals surface area contributed by atoms with E-state index < -0.39 is 0 Å². The van der Waals surface area contributed by atoms with Gasteiger partial charge in [0, 0.05) is 25.8 Å². The minimum Gasteiger partial charge on any atom is -0.374 e. The molecule has 0 radical (unpaired) electrons. The normalized spacial score (nSPS) is 21.5. The maximum atomic E-state index is 5.83. The third-order valence-electron chi connectivity index (χ3n) is 2.65. The number of halogens is 2. The Hall–Kier alpha value is -0.360. The minimum absolute atomic E-state index is 0.207. The highest BCUT2D eigenvalue weighted by atomic mass is 79.9. The summed E-state index contributed by atoms with van der Waals surface area (Å²) in [5, 5.41) is 3.88. The first-order valence-electron chi connectivity index (χ1n) is 5.50. The zero-order chi connectivity index (χ0) is 12.3. The van der Waals surface area contributed by atoms with E-state index in [1.807, 2.05) is 6.07 Å². The molecule has 1 unspecified atom stereocenters. The van der Waals surface area contributed by atoms with Crippen LogP contribution in [0.1, 0.15) is 0 Å². The van der Waals surface area contributed by atoms with Crippen molar-refractivity contribution in [1.29, 1.82) is 0 Å². The van der Waals surface area contributed by atoms with Crippen LogP contribution < -0.4 is 5.32 Å². The molecule has 2 rings (SSSR count). The number of rotatable bonds is 3. The number of likely N-dealkylation sites (N-methyl/N-ethyl adjacent to an activating group) is 1. The first-order valence-corrected chi connectivity index (χ1v) is 6.67. The van der Waals surface area contributed by atoms with E-state index in [1.165, 1.54) is 0 Å². The zero-order valence-corrected chi connectivity index (χ0v) is 12.0. The molecule has 1 aliphatic rings. The maximum absolute atomic E-state index is 5.83. The van der Waals surface area contributed by atoms with Gasteiger partial charge in [-0.15, -0.1) is 0 Å². The van der Waals surface area contributed by atoms with Crippen LogP contribution in [0.2, 0.25) is 5.02 Å². The van der Waals surface area contributed by atoms with Gasteiger partial charge in [-0.3, -0.25) is 0 Å². The predicted octanol–water partition coefficient (Wildman–Crippen LogP) is 2.24. The van der Waals surface area contributed by atoms with Gasteiger partial charge in [-0.1, -0.05) is 11.6 Å². The third-order valence-corrected chi connectivity index (χ3v) is 3.46. The lowest BCUT2D eigenvalue weighted by Crippen LogP contribution is -2.43. The molecule has 1 saturated heterocycles. The fourth-order valence-electron chi connectivity index (χ4n) is 1.75. The molecule has 1 atom stereocenters. The Kier molecular flexibility index (Phi) is 4.62. The van der Waals surface area contributed by atoms with Gasteiger partial charge in [-0.2, -0.15) is 0 Å². The number of morpholine rings is 1. The second-order valence-corrected chi connectivity index (χ2v) is 5.41. The molecule has 0 spiro atoms. The first kappa shape index (κ1) is 13.1. The summed E-state index contributed by atoms with van der Waals surface area (Å²) in [5.74, 6) is 0.797. The molecule has 0 amide bonds. The van der Waals surface area contributed by atoms with Crippen LogP contribution in [0.25, 0.3) is 0 Å². The molecule has 0 aromatic carbocycles. The van der Waals surface area contributed by atoms with Crippen LogP contribution in [0.4, 0.5) is 5.82 Å². The fraction of sp³-hybridized carbons (Fsp3) is 0.545. The van der Waals surface area contributed by atoms with Gasteiger partial charge in [0.2, 0.25) is 0 Å². The first-order chi connectivity index (χ1) is 8.15. The van der Waals surface area contributed by atoms with Crippen LogP contribution in [-0.2, 0) is 4.74 Å². The van der Waals surface area contributed by atoms with Crippen molar-refractivity contribution in [3.8, 4) is 0 Å². The van der Waals surface area contributed by atoms with E-state index in [0.29, 0.717) is 5.02 Å². The van der Waals surface area contributed by atoms with E-state index in [0.717, 1.165) is 36.5 Å². The van der Waals surface area contributed by atoms with E-state index in [4.69, 9.17) is 16.3 Å². The van der Waals surface area contributed by atoms with Crippen molar-refractivity contribution in [1.82, 2.24) is 9.88 Å². The summed E-state index contributed by atoms with van der Waals surface area (Å²) in [6.45, 7) is 3.48. The van der Waals surface area contributed by atoms with Crippen molar-refractivity contribution in [2.24, 2.45) is 0 Å². The van der Waals surface area contributed by atoms with Crippen LogP contribution in [0.15, 0.2) is 16.7 Å². The smallest absolute Gasteiger partial charge is 0.140 e. The molecule has 0 aliphatic carbocycles. The molecule has 0 saturated carbocycles. The predicted molar refractivity (Wildman–Crippen MR) is 72.7 cm³/mol. The second kappa shape index (κ2) is 6.00. The summed E-state index contributed by atoms with van der Waals surface area (Å²) in [7, 11) is 2.10. The van der Waals surface area contributed by atoms with Gasteiger partial charge in [-0.05, 0) is 29.0 Å². The van der Waals surface area contributed by atoms with E-state index >= 15 is 0 Å². The van der Waals surface area contributed by atoms with E-state index in [2.05, 4.69) is 38.2 Å². The van der Waals surface area contributed by atoms with Gasteiger partial charge >= 0.3 is 0 Å². The standard InChI is InChI=1S/C11H15BrClN3O/c1-16-2-3-17-9(7-16)6-15-11-10(12)4-8(13)5-14-11/h4-5,9H,2-3,6-7H2,1H3,(H,14,15). The second-order valence-electron chi connectivity index (χ2n) is 4.12. The summed E-state index contributed by atoms with van der Waals surface area (Å²) in [5.41, 5.74) is 0. The molecule has 1 aromatic heterocycles. The largest absolute Gasteiger partial charge is 0.374 e. The topological polar surface area (TPSA) is 37.4 Å². The summed E-state index contributed by atoms with van der Waals surface area (Å²) < 4.78 is 6.53. The number of nitrogens with one attached hydrogen (secondary N) is 1. The van der Waals surface area contributed by atoms with E-state index in [-0.39, 0.29) is 6.10 Å². The van der Waals surface area contributed by atoms with Gasteiger partial charge in [-0.25, -0.2) is 4.98 Å². The van der Waals surface area contributed by atoms with Crippen molar-refractivity contribution in [2.75, 3.05) is 38.6 Å². The van der Waals surface area contributed by atoms with Crippen LogP contribution in [0.3, 0.4) is 0 Å². The van der Waals surface area contributed by atoms with Gasteiger partial charge < -0.3 is 15.0 Å². The minimum atomic E-state index is 0.207. The lowest BCUT2D eigenvalue weighted by Gasteiger charge is -2.30. The van der Waals surface area contributed by atoms with Crippen molar-refractivity contribution in [2.45, 2.75) is 6.10 Å². The Morgan fingerprint density at radius 2 is 2.53 bits per heavy atom. The van der Waals surface area contributed by atoms with Crippen LogP contribution in [0, 0.1) is 0 Å². The Morgan fingerprint density at radius 3 is 3.24 bits per heavy atom. The maximum Gasteiger partial charge on any atom is 0.140 e. The third kappa shape index (κ3) is 3.81. The molecule has 94 valence electrons. The number of anilines is 1. The van der Waals surface area contributed by atoms with Crippen molar-refractivity contribution in [3.05, 3.63) is 21.8 Å². The Labute approximate surface area is 114 Å². The van der Waals surface area contributed by atoms with Crippen molar-refractivity contribution in [3.63, 3.8) is 0 Å². The van der Waals surface area contributed by atoms with Gasteiger partial charge in [0.05, 0.1) is 22.2 Å². The van der Waals surface area contributed by atoms with Gasteiger partial charge in [0.1, 0.15) is 5.82 Å². The molecule has 0 bridgehead atoms. The molecule has 1 aliphatic heterocycles. The molecule has 1 aromatic rings. The van der Waals surface area contributed by atoms with Crippen molar-refractivity contribution >= 4 is 33.3 Å². The van der Waals surface area contributed by atoms with Crippen LogP contribution in [-0.4, -0.2) is 49.3 Å². The van der Waals surface area contributed by atoms with Crippen molar-refractivity contribution < 1.29 is 4.74 Å². The fourth-order valence-corrected chi connectivity index (χ4v) is 2.52. The average Bonchev–Trinajstić information content (AvgIpc) is 2.28. The zero-order valence-electron chi connectivity index (χ0n) is 9.62. The number of ether oxygens (including phenoxy) is 1. The Bertz CT molecular complexity index is 391. The average molecular weight is 321 g/mol. The van der Waals surface area contributed by atoms with Gasteiger partial charge in [0.25, 0.3) is 0 Å². The number of hydrogen-bond donors (Lipinski definition) is 1. The Morgan fingerprint density at radius 1 is 1.71 bits per heavy atom. The highest BCUT2D eigenvalue weighted by Crippen LogP contribution is 2.23. The molecule has 17 heavy (non-hydrogen) atoms. The quantitative estimate of drug-likeness (QED) is 0.927. The summed E-state index contributed by atoms with van der Waals surface area (Å²) in [6, 6.07) is 1.82. The molecule has 2 heterocycles. The van der Waals surface area contributed by atoms with E-state index in [1.54, 1.807) is 6.20 Å². The molecule has 1 N–H and O–H groups in total. The number of hydrogen-bond acceptors (Lipinski definition) is 4. The lowest BCUT2D eigenvalue weighted by atomic mass is 10.3. The highest BCUT2D eigenvalue weighted by Gasteiger charge is 2.17. The lowest BCUT2D eigenvalue weighted by molar-refractivity contribution is -0.0117.